The lowest BCUT2D eigenvalue weighted by atomic mass is 10.1. The molecule has 0 spiro atoms. The van der Waals surface area contributed by atoms with Crippen LogP contribution < -0.4 is 0 Å². The molecule has 0 bridgehead atoms. The monoisotopic (exact) mass is 701 g/mol. The summed E-state index contributed by atoms with van der Waals surface area (Å²) < 4.78 is 8.50. The third-order valence-electron chi connectivity index (χ3n) is 3.71. The fourth-order valence-electron chi connectivity index (χ4n) is 2.27. The Morgan fingerprint density at radius 1 is 0.811 bits per heavy atom. The highest BCUT2D eigenvalue weighted by atomic mass is 79.9. The van der Waals surface area contributed by atoms with Crippen molar-refractivity contribution < 1.29 is 24.2 Å². The van der Waals surface area contributed by atoms with Crippen molar-refractivity contribution in [3.8, 4) is 0 Å². The smallest absolute Gasteiger partial charge is 0.338 e. The van der Waals surface area contributed by atoms with Crippen LogP contribution in [-0.4, -0.2) is 37.9 Å². The third kappa shape index (κ3) is 17.0. The number of nitrogens with one attached hydrogen (secondary N) is 1. The van der Waals surface area contributed by atoms with E-state index in [0.717, 1.165) is 16.5 Å². The van der Waals surface area contributed by atoms with Gasteiger partial charge in [-0.2, -0.15) is 0 Å². The van der Waals surface area contributed by atoms with Crippen molar-refractivity contribution >= 4 is 84.5 Å². The minimum Gasteiger partial charge on any atom is -0.478 e. The number of alkyl halides is 5. The van der Waals surface area contributed by atoms with Crippen LogP contribution >= 0.6 is 66.7 Å². The lowest BCUT2D eigenvalue weighted by Crippen LogP contribution is -2.31. The van der Waals surface area contributed by atoms with Crippen LogP contribution in [0.3, 0.4) is 0 Å². The van der Waals surface area contributed by atoms with Gasteiger partial charge in [-0.3, -0.25) is 5.41 Å². The van der Waals surface area contributed by atoms with Gasteiger partial charge in [0, 0.05) is 10.7 Å². The van der Waals surface area contributed by atoms with Crippen LogP contribution in [0.25, 0.3) is 0 Å². The molecule has 2 aromatic rings. The zero-order chi connectivity index (χ0) is 29.0. The second kappa shape index (κ2) is 15.9. The van der Waals surface area contributed by atoms with E-state index in [1.54, 1.807) is 45.0 Å². The number of esters is 1. The van der Waals surface area contributed by atoms with Crippen LogP contribution in [0.1, 0.15) is 73.4 Å². The lowest BCUT2D eigenvalue weighted by molar-refractivity contribution is 0.00691. The second-order valence-electron chi connectivity index (χ2n) is 9.52. The van der Waals surface area contributed by atoms with Gasteiger partial charge in [0.25, 0.3) is 3.79 Å². The summed E-state index contributed by atoms with van der Waals surface area (Å²) in [4.78, 5) is 22.1. The number of benzene rings is 2. The molecule has 2 rings (SSSR count). The van der Waals surface area contributed by atoms with Crippen LogP contribution in [0.2, 0.25) is 0 Å². The predicted molar refractivity (Wildman–Crippen MR) is 159 cm³/mol. The summed E-state index contributed by atoms with van der Waals surface area (Å²) in [6.07, 6.45) is 0. The van der Waals surface area contributed by atoms with E-state index in [0.29, 0.717) is 16.5 Å². The summed E-state index contributed by atoms with van der Waals surface area (Å²) in [6, 6.07) is 14.3. The minimum absolute atomic E-state index is 0.273. The first-order chi connectivity index (χ1) is 16.8. The number of rotatable bonds is 4. The summed E-state index contributed by atoms with van der Waals surface area (Å²) in [7, 11) is 0. The Morgan fingerprint density at radius 3 is 1.54 bits per heavy atom. The number of halogens is 5. The normalized spacial score (nSPS) is 11.2. The maximum absolute atomic E-state index is 11.7. The summed E-state index contributed by atoms with van der Waals surface area (Å²) >= 11 is 22.7. The Hall–Kier alpha value is -1.32. The fourth-order valence-corrected chi connectivity index (χ4v) is 3.08. The summed E-state index contributed by atoms with van der Waals surface area (Å²) in [5, 5.41) is 17.2. The van der Waals surface area contributed by atoms with E-state index < -0.39 is 21.0 Å². The fraction of sp³-hybridized carbons (Fsp3) is 0.423. The first kappa shape index (κ1) is 35.7. The number of carboxylic acids is 1. The molecule has 0 amide bonds. The van der Waals surface area contributed by atoms with Gasteiger partial charge in [0.15, 0.2) is 0 Å². The van der Waals surface area contributed by atoms with Crippen molar-refractivity contribution in [3.63, 3.8) is 0 Å². The Labute approximate surface area is 250 Å². The Kier molecular flexibility index (Phi) is 15.4. The highest BCUT2D eigenvalue weighted by Crippen LogP contribution is 2.29. The van der Waals surface area contributed by atoms with Gasteiger partial charge < -0.3 is 14.6 Å². The first-order valence-electron chi connectivity index (χ1n) is 10.9. The zero-order valence-corrected chi connectivity index (χ0v) is 26.9. The molecule has 6 nitrogen and oxygen atoms in total. The van der Waals surface area contributed by atoms with E-state index in [-0.39, 0.29) is 11.9 Å². The topological polar surface area (TPSA) is 96.7 Å². The van der Waals surface area contributed by atoms with Crippen molar-refractivity contribution in [3.05, 3.63) is 70.8 Å². The van der Waals surface area contributed by atoms with E-state index in [9.17, 15) is 9.59 Å². The highest BCUT2D eigenvalue weighted by Gasteiger charge is 2.31. The third-order valence-corrected chi connectivity index (χ3v) is 5.52. The van der Waals surface area contributed by atoms with Crippen LogP contribution in [0.15, 0.2) is 48.5 Å². The van der Waals surface area contributed by atoms with Gasteiger partial charge in [-0.05, 0) is 76.9 Å². The molecule has 0 aliphatic carbocycles. The molecule has 0 aliphatic rings. The van der Waals surface area contributed by atoms with Crippen LogP contribution in [-0.2, 0) is 20.1 Å². The van der Waals surface area contributed by atoms with Crippen molar-refractivity contribution in [1.82, 2.24) is 0 Å². The van der Waals surface area contributed by atoms with Crippen molar-refractivity contribution in [2.75, 3.05) is 0 Å². The van der Waals surface area contributed by atoms with Gasteiger partial charge >= 0.3 is 11.9 Å². The zero-order valence-electron chi connectivity index (χ0n) is 21.5. The number of carboxylic acid groups (broad SMARTS) is 1. The first-order valence-corrected chi connectivity index (χ1v) is 14.3. The molecule has 0 atom stereocenters. The van der Waals surface area contributed by atoms with Crippen LogP contribution in [0, 0.1) is 5.41 Å². The molecule has 0 radical (unpaired) electrons. The number of carbonyl (C=O) groups excluding carboxylic acids is 1. The molecule has 2 aromatic carbocycles. The van der Waals surface area contributed by atoms with Gasteiger partial charge in [0.2, 0.25) is 5.90 Å². The van der Waals surface area contributed by atoms with Gasteiger partial charge in [-0.25, -0.2) is 9.59 Å². The Morgan fingerprint density at radius 2 is 1.22 bits per heavy atom. The molecular formula is C26H32Br2Cl3NO5. The van der Waals surface area contributed by atoms with Crippen LogP contribution in [0.4, 0.5) is 0 Å². The molecule has 0 unspecified atom stereocenters. The second-order valence-corrected chi connectivity index (χ2v) is 12.9. The van der Waals surface area contributed by atoms with Gasteiger partial charge in [0.1, 0.15) is 11.2 Å². The predicted octanol–water partition coefficient (Wildman–Crippen LogP) is 8.97. The molecule has 0 saturated heterocycles. The van der Waals surface area contributed by atoms with Gasteiger partial charge in [0.05, 0.1) is 11.1 Å². The van der Waals surface area contributed by atoms with Gasteiger partial charge in [-0.15, -0.1) is 0 Å². The number of carbonyl (C=O) groups is 2. The van der Waals surface area contributed by atoms with E-state index in [1.165, 1.54) is 0 Å². The number of ether oxygens (including phenoxy) is 2. The minimum atomic E-state index is -1.76. The van der Waals surface area contributed by atoms with Crippen molar-refractivity contribution in [1.29, 1.82) is 5.41 Å². The van der Waals surface area contributed by atoms with E-state index in [2.05, 4.69) is 31.9 Å². The molecule has 0 heterocycles. The molecule has 2 N–H and O–H groups in total. The lowest BCUT2D eigenvalue weighted by Gasteiger charge is -2.24. The van der Waals surface area contributed by atoms with Crippen molar-refractivity contribution in [2.24, 2.45) is 0 Å². The summed E-state index contributed by atoms with van der Waals surface area (Å²) in [5.41, 5.74) is 2.04. The largest absolute Gasteiger partial charge is 0.478 e. The van der Waals surface area contributed by atoms with Crippen molar-refractivity contribution in [2.45, 2.75) is 67.2 Å². The molecule has 0 aromatic heterocycles. The highest BCUT2D eigenvalue weighted by molar-refractivity contribution is 9.08. The maximum atomic E-state index is 11.7. The number of hydrogen-bond donors (Lipinski definition) is 2. The molecule has 37 heavy (non-hydrogen) atoms. The standard InChI is InChI=1S/C12H15BrO2.C8H7BrO2.C6H10Cl3NO/c1-12(2,3)15-11(14)10-6-4-5-9(7-10)8-13;9-5-6-2-1-3-7(4-6)8(10)11;1-5(2,3)11-4(10)6(7,8)9/h4-7H,8H2,1-3H3;1-4H,5H2,(H,10,11);10H,1-3H3. The molecule has 11 heteroatoms. The molecule has 206 valence electrons. The quantitative estimate of drug-likeness (QED) is 0.143. The summed E-state index contributed by atoms with van der Waals surface area (Å²) in [5.74, 6) is -1.51. The SMILES string of the molecule is CC(C)(C)OC(=N)C(Cl)(Cl)Cl.CC(C)(C)OC(=O)c1cccc(CBr)c1.O=C(O)c1cccc(CBr)c1. The Bertz CT molecular complexity index is 1050. The average molecular weight is 705 g/mol. The number of hydrogen-bond acceptors (Lipinski definition) is 5. The number of aromatic carboxylic acids is 1. The molecule has 0 aliphatic heterocycles. The van der Waals surface area contributed by atoms with E-state index >= 15 is 0 Å². The average Bonchev–Trinajstić information content (AvgIpc) is 2.77. The van der Waals surface area contributed by atoms with E-state index in [1.807, 2.05) is 45.0 Å². The summed E-state index contributed by atoms with van der Waals surface area (Å²) in [6.45, 7) is 10.9. The molecule has 0 saturated carbocycles. The molecular weight excluding hydrogens is 672 g/mol. The Balaban J connectivity index is 0.000000536. The van der Waals surface area contributed by atoms with Gasteiger partial charge in [-0.1, -0.05) is 90.9 Å². The van der Waals surface area contributed by atoms with E-state index in [4.69, 9.17) is 54.8 Å². The van der Waals surface area contributed by atoms with Crippen LogP contribution in [0.5, 0.6) is 0 Å². The molecule has 0 fully saturated rings. The maximum Gasteiger partial charge on any atom is 0.338 e.